The number of hydrogen-bond acceptors (Lipinski definition) is 2. The summed E-state index contributed by atoms with van der Waals surface area (Å²) in [7, 11) is 4.62. The lowest BCUT2D eigenvalue weighted by atomic mass is 10.2. The average molecular weight is 197 g/mol. The molecule has 3 heteroatoms. The van der Waals surface area contributed by atoms with Gasteiger partial charge in [-0.05, 0) is 6.92 Å². The molecule has 0 bridgehead atoms. The number of hydrogen-bond donors (Lipinski definition) is 0. The normalized spacial score (nSPS) is 20.8. The number of aromatic nitrogens is 1. The highest BCUT2D eigenvalue weighted by Crippen LogP contribution is 2.23. The van der Waals surface area contributed by atoms with Crippen LogP contribution in [0.1, 0.15) is 15.6 Å². The van der Waals surface area contributed by atoms with E-state index in [9.17, 15) is 0 Å². The van der Waals surface area contributed by atoms with Gasteiger partial charge in [0.1, 0.15) is 0 Å². The second-order valence-corrected chi connectivity index (χ2v) is 5.77. The van der Waals surface area contributed by atoms with Gasteiger partial charge < -0.3 is 4.48 Å². The van der Waals surface area contributed by atoms with Gasteiger partial charge in [-0.15, -0.1) is 11.3 Å². The van der Waals surface area contributed by atoms with Gasteiger partial charge in [0, 0.05) is 17.7 Å². The lowest BCUT2D eigenvalue weighted by molar-refractivity contribution is -0.889. The third-order valence-corrected chi connectivity index (χ3v) is 3.86. The standard InChI is InChI=1S/C10H17N2S/c1-8-11-9-4-6-12(2,3)7-5-10(9)13-8/h4-7H2,1-3H3/q+1. The molecule has 0 saturated carbocycles. The van der Waals surface area contributed by atoms with Crippen LogP contribution in [0.4, 0.5) is 0 Å². The molecular weight excluding hydrogens is 180 g/mol. The molecule has 1 aromatic heterocycles. The van der Waals surface area contributed by atoms with Gasteiger partial charge in [0.05, 0.1) is 37.9 Å². The van der Waals surface area contributed by atoms with Gasteiger partial charge >= 0.3 is 0 Å². The molecule has 2 heterocycles. The first-order valence-electron chi connectivity index (χ1n) is 4.84. The van der Waals surface area contributed by atoms with E-state index in [-0.39, 0.29) is 0 Å². The summed E-state index contributed by atoms with van der Waals surface area (Å²) in [6, 6.07) is 0. The van der Waals surface area contributed by atoms with E-state index in [2.05, 4.69) is 26.0 Å². The zero-order valence-corrected chi connectivity index (χ0v) is 9.45. The van der Waals surface area contributed by atoms with Gasteiger partial charge in [0.2, 0.25) is 0 Å². The van der Waals surface area contributed by atoms with E-state index in [0.717, 1.165) is 10.9 Å². The SMILES string of the molecule is Cc1nc2c(s1)CC[N+](C)(C)CC2. The minimum atomic E-state index is 1.14. The third-order valence-electron chi connectivity index (χ3n) is 2.78. The molecule has 0 amide bonds. The van der Waals surface area contributed by atoms with Crippen molar-refractivity contribution in [1.29, 1.82) is 0 Å². The first kappa shape index (κ1) is 9.16. The monoisotopic (exact) mass is 197 g/mol. The molecule has 1 aliphatic heterocycles. The number of thiazole rings is 1. The molecule has 1 aliphatic rings. The second kappa shape index (κ2) is 3.07. The summed E-state index contributed by atoms with van der Waals surface area (Å²) in [6.07, 6.45) is 2.38. The van der Waals surface area contributed by atoms with Gasteiger partial charge in [-0.2, -0.15) is 0 Å². The molecule has 2 rings (SSSR count). The van der Waals surface area contributed by atoms with Crippen LogP contribution < -0.4 is 0 Å². The maximum atomic E-state index is 4.59. The Morgan fingerprint density at radius 1 is 1.23 bits per heavy atom. The van der Waals surface area contributed by atoms with E-state index >= 15 is 0 Å². The Morgan fingerprint density at radius 3 is 2.69 bits per heavy atom. The molecule has 0 N–H and O–H groups in total. The van der Waals surface area contributed by atoms with Gasteiger partial charge in [-0.1, -0.05) is 0 Å². The van der Waals surface area contributed by atoms with Crippen LogP contribution in [-0.2, 0) is 12.8 Å². The number of rotatable bonds is 0. The summed E-state index contributed by atoms with van der Waals surface area (Å²) in [5, 5.41) is 1.23. The van der Waals surface area contributed by atoms with Crippen molar-refractivity contribution in [3.05, 3.63) is 15.6 Å². The van der Waals surface area contributed by atoms with Crippen molar-refractivity contribution in [2.45, 2.75) is 19.8 Å². The van der Waals surface area contributed by atoms with Crippen LogP contribution in [0.25, 0.3) is 0 Å². The number of likely N-dealkylation sites (N-methyl/N-ethyl adjacent to an activating group) is 1. The molecular formula is C10H17N2S+. The fourth-order valence-corrected chi connectivity index (χ4v) is 2.80. The van der Waals surface area contributed by atoms with Gasteiger partial charge in [0.25, 0.3) is 0 Å². The Balaban J connectivity index is 2.24. The molecule has 0 atom stereocenters. The highest BCUT2D eigenvalue weighted by atomic mass is 32.1. The van der Waals surface area contributed by atoms with E-state index in [1.165, 1.54) is 35.1 Å². The van der Waals surface area contributed by atoms with E-state index in [4.69, 9.17) is 0 Å². The number of nitrogens with zero attached hydrogens (tertiary/aromatic N) is 2. The van der Waals surface area contributed by atoms with Gasteiger partial charge in [-0.25, -0.2) is 4.98 Å². The zero-order valence-electron chi connectivity index (χ0n) is 8.63. The molecule has 2 nitrogen and oxygen atoms in total. The fourth-order valence-electron chi connectivity index (χ4n) is 1.83. The summed E-state index contributed by atoms with van der Waals surface area (Å²) in [5.41, 5.74) is 1.37. The van der Waals surface area contributed by atoms with Crippen LogP contribution in [-0.4, -0.2) is 36.7 Å². The van der Waals surface area contributed by atoms with Crippen molar-refractivity contribution in [2.24, 2.45) is 0 Å². The Bertz CT molecular complexity index is 287. The van der Waals surface area contributed by atoms with Crippen molar-refractivity contribution in [2.75, 3.05) is 27.2 Å². The maximum absolute atomic E-state index is 4.59. The lowest BCUT2D eigenvalue weighted by Crippen LogP contribution is -2.41. The van der Waals surface area contributed by atoms with Gasteiger partial charge in [-0.3, -0.25) is 0 Å². The maximum Gasteiger partial charge on any atom is 0.0900 e. The minimum absolute atomic E-state index is 1.14. The zero-order chi connectivity index (χ0) is 9.47. The Hall–Kier alpha value is -0.410. The molecule has 0 aliphatic carbocycles. The first-order valence-corrected chi connectivity index (χ1v) is 5.66. The summed E-state index contributed by atoms with van der Waals surface area (Å²) in [4.78, 5) is 6.11. The van der Waals surface area contributed by atoms with Crippen LogP contribution in [0.3, 0.4) is 0 Å². The van der Waals surface area contributed by atoms with Crippen molar-refractivity contribution >= 4 is 11.3 Å². The van der Waals surface area contributed by atoms with E-state index in [1.807, 2.05) is 11.3 Å². The molecule has 0 saturated heterocycles. The Kier molecular flexibility index (Phi) is 2.16. The van der Waals surface area contributed by atoms with Crippen molar-refractivity contribution < 1.29 is 4.48 Å². The van der Waals surface area contributed by atoms with Crippen molar-refractivity contribution in [3.63, 3.8) is 0 Å². The third kappa shape index (κ3) is 1.92. The smallest absolute Gasteiger partial charge is 0.0900 e. The topological polar surface area (TPSA) is 12.9 Å². The molecule has 0 aromatic carbocycles. The molecule has 13 heavy (non-hydrogen) atoms. The average Bonchev–Trinajstić information content (AvgIpc) is 2.34. The van der Waals surface area contributed by atoms with Crippen molar-refractivity contribution in [1.82, 2.24) is 4.98 Å². The van der Waals surface area contributed by atoms with Crippen LogP contribution in [0.15, 0.2) is 0 Å². The van der Waals surface area contributed by atoms with E-state index in [0.29, 0.717) is 0 Å². The number of quaternary nitrogens is 1. The molecule has 1 aromatic rings. The van der Waals surface area contributed by atoms with Gasteiger partial charge in [0.15, 0.2) is 0 Å². The molecule has 0 unspecified atom stereocenters. The van der Waals surface area contributed by atoms with Crippen LogP contribution >= 0.6 is 11.3 Å². The highest BCUT2D eigenvalue weighted by molar-refractivity contribution is 7.11. The summed E-state index contributed by atoms with van der Waals surface area (Å²) in [5.74, 6) is 0. The molecule has 72 valence electrons. The minimum Gasteiger partial charge on any atom is -0.328 e. The molecule has 0 fully saturated rings. The summed E-state index contributed by atoms with van der Waals surface area (Å²) < 4.78 is 1.14. The summed E-state index contributed by atoms with van der Waals surface area (Å²) >= 11 is 1.88. The molecule has 0 radical (unpaired) electrons. The largest absolute Gasteiger partial charge is 0.328 e. The van der Waals surface area contributed by atoms with Crippen LogP contribution in [0.2, 0.25) is 0 Å². The number of aryl methyl sites for hydroxylation is 1. The fraction of sp³-hybridized carbons (Fsp3) is 0.700. The van der Waals surface area contributed by atoms with E-state index < -0.39 is 0 Å². The quantitative estimate of drug-likeness (QED) is 0.576. The second-order valence-electron chi connectivity index (χ2n) is 4.49. The van der Waals surface area contributed by atoms with Crippen molar-refractivity contribution in [3.8, 4) is 0 Å². The highest BCUT2D eigenvalue weighted by Gasteiger charge is 2.23. The Morgan fingerprint density at radius 2 is 1.92 bits per heavy atom. The predicted octanol–water partition coefficient (Wildman–Crippen LogP) is 1.63. The van der Waals surface area contributed by atoms with Crippen LogP contribution in [0, 0.1) is 6.92 Å². The first-order chi connectivity index (χ1) is 6.07. The predicted molar refractivity (Wildman–Crippen MR) is 56.1 cm³/mol. The summed E-state index contributed by atoms with van der Waals surface area (Å²) in [6.45, 7) is 4.60. The molecule has 0 spiro atoms. The van der Waals surface area contributed by atoms with Crippen LogP contribution in [0.5, 0.6) is 0 Å². The Labute approximate surface area is 83.8 Å². The lowest BCUT2D eigenvalue weighted by Gasteiger charge is -2.27. The number of fused-ring (bicyclic) bond motifs is 1. The van der Waals surface area contributed by atoms with E-state index in [1.54, 1.807) is 0 Å².